The van der Waals surface area contributed by atoms with Crippen molar-refractivity contribution in [2.75, 3.05) is 13.2 Å². The van der Waals surface area contributed by atoms with Gasteiger partial charge in [0, 0.05) is 0 Å². The molecule has 0 aliphatic carbocycles. The quantitative estimate of drug-likeness (QED) is 0.684. The van der Waals surface area contributed by atoms with E-state index in [0.717, 1.165) is 13.2 Å². The van der Waals surface area contributed by atoms with Gasteiger partial charge in [-0.2, -0.15) is 0 Å². The molecule has 0 atom stereocenters. The van der Waals surface area contributed by atoms with E-state index in [-0.39, 0.29) is 0 Å². The van der Waals surface area contributed by atoms with Gasteiger partial charge in [-0.25, -0.2) is 0 Å². The molecule has 0 aliphatic heterocycles. The van der Waals surface area contributed by atoms with Gasteiger partial charge in [0.15, 0.2) is 0 Å². The predicted octanol–water partition coefficient (Wildman–Crippen LogP) is 1.77. The Hall–Kier alpha value is 1.25. The van der Waals surface area contributed by atoms with E-state index in [1.54, 1.807) is 0 Å². The minimum atomic E-state index is 0.865. The molecule has 0 aromatic heterocycles. The van der Waals surface area contributed by atoms with Crippen LogP contribution in [0.1, 0.15) is 19.8 Å². The molecule has 0 saturated heterocycles. The Bertz CT molecular complexity index is 33.5. The van der Waals surface area contributed by atoms with Gasteiger partial charge < -0.3 is 0 Å². The number of hydrogen-bond acceptors (Lipinski definition) is 1. The van der Waals surface area contributed by atoms with E-state index in [4.69, 9.17) is 4.74 Å². The second kappa shape index (κ2) is 8.25. The third kappa shape index (κ3) is 7.25. The fourth-order valence-corrected chi connectivity index (χ4v) is 0.966. The third-order valence-electron chi connectivity index (χ3n) is 0.861. The van der Waals surface area contributed by atoms with Gasteiger partial charge in [-0.3, -0.25) is 0 Å². The zero-order valence-electron chi connectivity index (χ0n) is 5.28. The first kappa shape index (κ1) is 9.25. The molecule has 0 fully saturated rings. The van der Waals surface area contributed by atoms with Gasteiger partial charge in [-0.15, -0.1) is 0 Å². The van der Waals surface area contributed by atoms with E-state index in [1.165, 1.54) is 15.2 Å². The summed E-state index contributed by atoms with van der Waals surface area (Å²) in [5.74, 6) is 0. The van der Waals surface area contributed by atoms with Crippen LogP contribution in [0.15, 0.2) is 0 Å². The molecule has 0 amide bonds. The Morgan fingerprint density at radius 3 is 2.62 bits per heavy atom. The van der Waals surface area contributed by atoms with E-state index in [0.29, 0.717) is 0 Å². The first-order chi connectivity index (χ1) is 3.91. The topological polar surface area (TPSA) is 9.23 Å². The zero-order chi connectivity index (χ0) is 6.24. The van der Waals surface area contributed by atoms with Crippen LogP contribution in [0.5, 0.6) is 0 Å². The van der Waals surface area contributed by atoms with Crippen LogP contribution < -0.4 is 0 Å². The molecule has 0 rings (SSSR count). The van der Waals surface area contributed by atoms with Gasteiger partial charge in [-0.05, 0) is 0 Å². The fraction of sp³-hybridized carbons (Fsp3) is 1.00. The summed E-state index contributed by atoms with van der Waals surface area (Å²) in [6.07, 6.45) is 2.53. The van der Waals surface area contributed by atoms with Crippen LogP contribution >= 0.6 is 0 Å². The van der Waals surface area contributed by atoms with E-state index < -0.39 is 0 Å². The van der Waals surface area contributed by atoms with Crippen LogP contribution in [0.2, 0.25) is 2.39 Å². The van der Waals surface area contributed by atoms with Crippen molar-refractivity contribution in [2.24, 2.45) is 0 Å². The first-order valence-corrected chi connectivity index (χ1v) is 4.53. The van der Waals surface area contributed by atoms with Crippen LogP contribution in [0.25, 0.3) is 0 Å². The molecule has 0 heterocycles. The number of rotatable bonds is 5. The normalized spacial score (nSPS) is 9.88. The van der Waals surface area contributed by atoms with Crippen molar-refractivity contribution >= 4 is 0 Å². The minimum absolute atomic E-state index is 0.865. The van der Waals surface area contributed by atoms with Gasteiger partial charge in [0.05, 0.1) is 0 Å². The van der Waals surface area contributed by atoms with Gasteiger partial charge in [0.25, 0.3) is 0 Å². The first-order valence-electron chi connectivity index (χ1n) is 3.02. The molecule has 0 spiro atoms. The third-order valence-corrected chi connectivity index (χ3v) is 1.62. The summed E-state index contributed by atoms with van der Waals surface area (Å²) < 4.78 is 6.42. The summed E-state index contributed by atoms with van der Waals surface area (Å²) in [6.45, 7) is 3.85. The van der Waals surface area contributed by atoms with Crippen LogP contribution in [0.3, 0.4) is 0 Å². The molecule has 0 aromatic rings. The summed E-state index contributed by atoms with van der Waals surface area (Å²) in [5.41, 5.74) is 0. The molecule has 0 unspecified atom stereocenters. The Morgan fingerprint density at radius 2 is 2.12 bits per heavy atom. The van der Waals surface area contributed by atoms with Crippen LogP contribution in [-0.2, 0) is 4.74 Å². The van der Waals surface area contributed by atoms with Gasteiger partial charge in [0.2, 0.25) is 0 Å². The monoisotopic (exact) mass is 260 g/mol. The Kier molecular flexibility index (Phi) is 9.53. The van der Waals surface area contributed by atoms with Crippen molar-refractivity contribution in [1.29, 1.82) is 0 Å². The second-order valence-corrected chi connectivity index (χ2v) is 2.64. The standard InChI is InChI=1S/C6H13O.Tb/c1-3-5-6-7-4-2;/h1,3-6H2,2H3;. The van der Waals surface area contributed by atoms with Crippen molar-refractivity contribution in [3.8, 4) is 0 Å². The van der Waals surface area contributed by atoms with Crippen molar-refractivity contribution in [2.45, 2.75) is 22.2 Å². The van der Waals surface area contributed by atoms with Gasteiger partial charge in [-0.1, -0.05) is 0 Å². The molecule has 0 aromatic carbocycles. The average Bonchev–Trinajstić information content (AvgIpc) is 1.81. The average molecular weight is 260 g/mol. The Labute approximate surface area is 76.1 Å². The molecule has 2 heteroatoms. The molecule has 0 saturated carbocycles. The van der Waals surface area contributed by atoms with E-state index in [1.807, 2.05) is 6.92 Å². The molecule has 0 radical (unpaired) electrons. The second-order valence-electron chi connectivity index (χ2n) is 1.57. The predicted molar refractivity (Wildman–Crippen MR) is 30.5 cm³/mol. The van der Waals surface area contributed by atoms with Crippen LogP contribution in [-0.4, -0.2) is 13.2 Å². The van der Waals surface area contributed by atoms with Crippen molar-refractivity contribution in [3.05, 3.63) is 0 Å². The number of unbranched alkanes of at least 4 members (excludes halogenated alkanes) is 1. The molecule has 0 bridgehead atoms. The zero-order valence-corrected chi connectivity index (χ0v) is 7.42. The summed E-state index contributed by atoms with van der Waals surface area (Å²) in [7, 11) is 0. The van der Waals surface area contributed by atoms with Crippen molar-refractivity contribution in [1.82, 2.24) is 0 Å². The van der Waals surface area contributed by atoms with Crippen LogP contribution in [0, 0.1) is 36.6 Å². The SMILES string of the molecule is CCOCCC[CH2][Tb]. The molecule has 1 nitrogen and oxygen atoms in total. The molecular formula is C6H13OTb. The van der Waals surface area contributed by atoms with Crippen molar-refractivity contribution in [3.63, 3.8) is 0 Å². The molecule has 52 valence electrons. The Balaban J connectivity index is 2.53. The fourth-order valence-electron chi connectivity index (χ4n) is 0.432. The molecule has 0 aliphatic rings. The van der Waals surface area contributed by atoms with Gasteiger partial charge >= 0.3 is 76.7 Å². The van der Waals surface area contributed by atoms with E-state index in [2.05, 4.69) is 36.6 Å². The number of ether oxygens (including phenoxy) is 1. The molecular weight excluding hydrogens is 247 g/mol. The summed E-state index contributed by atoms with van der Waals surface area (Å²) >= 11 is 2.20. The number of hydrogen-bond donors (Lipinski definition) is 0. The summed E-state index contributed by atoms with van der Waals surface area (Å²) in [5, 5.41) is 0. The van der Waals surface area contributed by atoms with Crippen LogP contribution in [0.4, 0.5) is 0 Å². The molecule has 8 heavy (non-hydrogen) atoms. The summed E-state index contributed by atoms with van der Waals surface area (Å²) in [4.78, 5) is 0. The molecule has 0 N–H and O–H groups in total. The van der Waals surface area contributed by atoms with E-state index >= 15 is 0 Å². The Morgan fingerprint density at radius 1 is 1.38 bits per heavy atom. The van der Waals surface area contributed by atoms with Crippen molar-refractivity contribution < 1.29 is 41.4 Å². The van der Waals surface area contributed by atoms with E-state index in [9.17, 15) is 0 Å². The maximum atomic E-state index is 5.14. The summed E-state index contributed by atoms with van der Waals surface area (Å²) in [6, 6.07) is 0. The maximum absolute atomic E-state index is 5.14. The van der Waals surface area contributed by atoms with Gasteiger partial charge in [0.1, 0.15) is 0 Å².